The van der Waals surface area contributed by atoms with E-state index < -0.39 is 0 Å². The van der Waals surface area contributed by atoms with Crippen LogP contribution in [-0.2, 0) is 0 Å². The molecule has 86 valence electrons. The molecule has 2 aromatic rings. The van der Waals surface area contributed by atoms with Gasteiger partial charge in [-0.25, -0.2) is 5.43 Å². The Kier molecular flexibility index (Phi) is 3.46. The number of nitrogens with one attached hydrogen (secondary N) is 2. The summed E-state index contributed by atoms with van der Waals surface area (Å²) in [5.74, 6) is 0.183. The molecule has 1 aromatic heterocycles. The van der Waals surface area contributed by atoms with Gasteiger partial charge >= 0.3 is 0 Å². The van der Waals surface area contributed by atoms with E-state index in [1.807, 2.05) is 12.1 Å². The lowest BCUT2D eigenvalue weighted by Crippen LogP contribution is -2.10. The molecule has 0 amide bonds. The number of anilines is 1. The van der Waals surface area contributed by atoms with Gasteiger partial charge in [0.15, 0.2) is 0 Å². The molecular weight excluding hydrogens is 242 g/mol. The molecule has 0 fully saturated rings. The van der Waals surface area contributed by atoms with Crippen LogP contribution in [0.3, 0.4) is 0 Å². The zero-order valence-corrected chi connectivity index (χ0v) is 9.35. The third-order valence-corrected chi connectivity index (χ3v) is 2.08. The van der Waals surface area contributed by atoms with Gasteiger partial charge in [0.05, 0.1) is 6.21 Å². The second-order valence-corrected chi connectivity index (χ2v) is 3.54. The smallest absolute Gasteiger partial charge is 0.271 e. The highest BCUT2D eigenvalue weighted by Gasteiger charge is 1.92. The predicted molar refractivity (Wildman–Crippen MR) is 65.3 cm³/mol. The summed E-state index contributed by atoms with van der Waals surface area (Å²) in [6.45, 7) is 0. The van der Waals surface area contributed by atoms with Crippen molar-refractivity contribution in [3.8, 4) is 0 Å². The topological polar surface area (TPSA) is 83.0 Å². The van der Waals surface area contributed by atoms with Crippen molar-refractivity contribution in [3.63, 3.8) is 0 Å². The van der Waals surface area contributed by atoms with Gasteiger partial charge < -0.3 is 0 Å². The molecule has 0 spiro atoms. The lowest BCUT2D eigenvalue weighted by Gasteiger charge is -1.96. The molecule has 0 saturated carbocycles. The average molecular weight is 250 g/mol. The Hall–Kier alpha value is -2.21. The van der Waals surface area contributed by atoms with Gasteiger partial charge in [-0.2, -0.15) is 5.10 Å². The molecular formula is C10H8ClN5O. The van der Waals surface area contributed by atoms with Crippen molar-refractivity contribution in [3.05, 3.63) is 51.4 Å². The van der Waals surface area contributed by atoms with Gasteiger partial charge in [-0.15, -0.1) is 10.2 Å². The quantitative estimate of drug-likeness (QED) is 0.634. The summed E-state index contributed by atoms with van der Waals surface area (Å²) in [5.41, 5.74) is 3.08. The second-order valence-electron chi connectivity index (χ2n) is 3.10. The van der Waals surface area contributed by atoms with E-state index in [0.717, 1.165) is 11.8 Å². The molecule has 0 bridgehead atoms. The van der Waals surface area contributed by atoms with Crippen molar-refractivity contribution in [1.29, 1.82) is 0 Å². The maximum absolute atomic E-state index is 10.9. The molecule has 0 aliphatic rings. The highest BCUT2D eigenvalue weighted by atomic mass is 35.5. The number of aromatic amines is 1. The van der Waals surface area contributed by atoms with E-state index in [-0.39, 0.29) is 11.5 Å². The monoisotopic (exact) mass is 249 g/mol. The Morgan fingerprint density at radius 1 is 1.35 bits per heavy atom. The van der Waals surface area contributed by atoms with Gasteiger partial charge in [0.2, 0.25) is 5.95 Å². The zero-order chi connectivity index (χ0) is 12.1. The molecule has 7 heteroatoms. The molecule has 0 saturated heterocycles. The first kappa shape index (κ1) is 11.3. The van der Waals surface area contributed by atoms with Crippen LogP contribution < -0.4 is 11.0 Å². The normalized spacial score (nSPS) is 10.6. The van der Waals surface area contributed by atoms with E-state index in [1.165, 1.54) is 0 Å². The fourth-order valence-corrected chi connectivity index (χ4v) is 1.21. The van der Waals surface area contributed by atoms with Crippen molar-refractivity contribution < 1.29 is 0 Å². The van der Waals surface area contributed by atoms with Gasteiger partial charge in [-0.1, -0.05) is 23.7 Å². The molecule has 0 atom stereocenters. The number of rotatable bonds is 3. The summed E-state index contributed by atoms with van der Waals surface area (Å²) in [5, 5.41) is 11.7. The molecule has 0 radical (unpaired) electrons. The van der Waals surface area contributed by atoms with Crippen LogP contribution in [0.1, 0.15) is 5.56 Å². The van der Waals surface area contributed by atoms with Crippen molar-refractivity contribution in [2.75, 3.05) is 5.43 Å². The highest BCUT2D eigenvalue weighted by molar-refractivity contribution is 6.30. The standard InChI is InChI=1S/C10H8ClN5O/c11-8-3-1-7(2-4-8)5-12-15-10-14-9(17)6-13-16-10/h1-6H,(H2,14,15,16,17)/b12-5+. The van der Waals surface area contributed by atoms with Crippen LogP contribution in [0.5, 0.6) is 0 Å². The summed E-state index contributed by atoms with van der Waals surface area (Å²) in [7, 11) is 0. The lowest BCUT2D eigenvalue weighted by molar-refractivity contribution is 0.939. The Labute approximate surface area is 101 Å². The molecule has 0 aliphatic carbocycles. The predicted octanol–water partition coefficient (Wildman–Crippen LogP) is 1.26. The lowest BCUT2D eigenvalue weighted by atomic mass is 10.2. The third kappa shape index (κ3) is 3.39. The molecule has 6 nitrogen and oxygen atoms in total. The summed E-state index contributed by atoms with van der Waals surface area (Å²) in [4.78, 5) is 13.3. The van der Waals surface area contributed by atoms with E-state index in [1.54, 1.807) is 18.3 Å². The largest absolute Gasteiger partial charge is 0.289 e. The van der Waals surface area contributed by atoms with Crippen LogP contribution in [0.15, 0.2) is 40.4 Å². The first-order chi connectivity index (χ1) is 8.24. The minimum atomic E-state index is -0.343. The SMILES string of the molecule is O=c1cnnc(N/N=C/c2ccc(Cl)cc2)[nH]1. The molecule has 2 N–H and O–H groups in total. The van der Waals surface area contributed by atoms with Gasteiger partial charge in [0.25, 0.3) is 5.56 Å². The molecule has 0 unspecified atom stereocenters. The second kappa shape index (κ2) is 5.22. The Bertz CT molecular complexity index is 578. The van der Waals surface area contributed by atoms with Gasteiger partial charge in [0.1, 0.15) is 6.20 Å². The van der Waals surface area contributed by atoms with E-state index in [2.05, 4.69) is 25.7 Å². The third-order valence-electron chi connectivity index (χ3n) is 1.83. The van der Waals surface area contributed by atoms with Gasteiger partial charge in [0, 0.05) is 5.02 Å². The minimum Gasteiger partial charge on any atom is -0.289 e. The number of halogens is 1. The molecule has 0 aliphatic heterocycles. The van der Waals surface area contributed by atoms with Crippen molar-refractivity contribution in [2.24, 2.45) is 5.10 Å². The number of hydrazone groups is 1. The first-order valence-electron chi connectivity index (χ1n) is 4.71. The number of hydrogen-bond acceptors (Lipinski definition) is 5. The summed E-state index contributed by atoms with van der Waals surface area (Å²) in [6.07, 6.45) is 2.65. The number of H-pyrrole nitrogens is 1. The number of nitrogens with zero attached hydrogens (tertiary/aromatic N) is 3. The number of benzene rings is 1. The average Bonchev–Trinajstić information content (AvgIpc) is 2.32. The molecule has 2 rings (SSSR count). The van der Waals surface area contributed by atoms with Crippen LogP contribution in [0.2, 0.25) is 5.02 Å². The van der Waals surface area contributed by atoms with Gasteiger partial charge in [-0.3, -0.25) is 9.78 Å². The van der Waals surface area contributed by atoms with Crippen LogP contribution in [0.25, 0.3) is 0 Å². The maximum atomic E-state index is 10.9. The van der Waals surface area contributed by atoms with E-state index in [0.29, 0.717) is 5.02 Å². The van der Waals surface area contributed by atoms with Crippen molar-refractivity contribution in [2.45, 2.75) is 0 Å². The Balaban J connectivity index is 2.02. The van der Waals surface area contributed by atoms with Crippen LogP contribution >= 0.6 is 11.6 Å². The summed E-state index contributed by atoms with van der Waals surface area (Å²) < 4.78 is 0. The molecule has 1 aromatic carbocycles. The van der Waals surface area contributed by atoms with E-state index in [9.17, 15) is 4.79 Å². The van der Waals surface area contributed by atoms with Crippen LogP contribution in [-0.4, -0.2) is 21.4 Å². The number of aromatic nitrogens is 3. The highest BCUT2D eigenvalue weighted by Crippen LogP contribution is 2.07. The fourth-order valence-electron chi connectivity index (χ4n) is 1.08. The van der Waals surface area contributed by atoms with Crippen molar-refractivity contribution in [1.82, 2.24) is 15.2 Å². The minimum absolute atomic E-state index is 0.183. The molecule has 1 heterocycles. The van der Waals surface area contributed by atoms with E-state index in [4.69, 9.17) is 11.6 Å². The molecule has 17 heavy (non-hydrogen) atoms. The summed E-state index contributed by atoms with van der Waals surface area (Å²) in [6, 6.07) is 7.14. The zero-order valence-electron chi connectivity index (χ0n) is 8.59. The van der Waals surface area contributed by atoms with Crippen molar-refractivity contribution >= 4 is 23.8 Å². The number of hydrogen-bond donors (Lipinski definition) is 2. The summed E-state index contributed by atoms with van der Waals surface area (Å²) >= 11 is 5.74. The maximum Gasteiger partial charge on any atom is 0.271 e. The van der Waals surface area contributed by atoms with Crippen LogP contribution in [0.4, 0.5) is 5.95 Å². The van der Waals surface area contributed by atoms with Crippen LogP contribution in [0, 0.1) is 0 Å². The first-order valence-corrected chi connectivity index (χ1v) is 5.08. The Morgan fingerprint density at radius 2 is 2.12 bits per heavy atom. The van der Waals surface area contributed by atoms with Gasteiger partial charge in [-0.05, 0) is 17.7 Å². The van der Waals surface area contributed by atoms with E-state index >= 15 is 0 Å². The fraction of sp³-hybridized carbons (Fsp3) is 0. The Morgan fingerprint density at radius 3 is 2.82 bits per heavy atom.